The molecule has 0 spiro atoms. The number of H-pyrrole nitrogens is 1. The van der Waals surface area contributed by atoms with Crippen LogP contribution >= 0.6 is 0 Å². The molecule has 0 saturated heterocycles. The highest BCUT2D eigenvalue weighted by atomic mass is 19.1. The number of aryl methyl sites for hydroxylation is 1. The molecule has 0 unspecified atom stereocenters. The minimum atomic E-state index is -0.638. The van der Waals surface area contributed by atoms with Crippen molar-refractivity contribution in [3.8, 4) is 22.8 Å². The molecule has 1 aliphatic carbocycles. The van der Waals surface area contributed by atoms with E-state index < -0.39 is 5.82 Å². The molecule has 1 aliphatic rings. The van der Waals surface area contributed by atoms with Gasteiger partial charge in [-0.15, -0.1) is 0 Å². The maximum Gasteiger partial charge on any atom is 0.232 e. The van der Waals surface area contributed by atoms with Crippen LogP contribution in [0, 0.1) is 12.7 Å². The molecule has 1 fully saturated rings. The Kier molecular flexibility index (Phi) is 6.19. The minimum Gasteiger partial charge on any atom is -0.435 e. The number of aromatic nitrogens is 4. The molecule has 0 aliphatic heterocycles. The molecule has 3 aromatic carbocycles. The van der Waals surface area contributed by atoms with Crippen LogP contribution in [0.25, 0.3) is 33.1 Å². The molecule has 6 aromatic rings. The van der Waals surface area contributed by atoms with E-state index in [2.05, 4.69) is 21.0 Å². The summed E-state index contributed by atoms with van der Waals surface area (Å²) in [6.45, 7) is 1.77. The average Bonchev–Trinajstić information content (AvgIpc) is 3.76. The second-order valence-corrected chi connectivity index (χ2v) is 10.8. The van der Waals surface area contributed by atoms with Crippen LogP contribution < -0.4 is 10.2 Å². The molecule has 3 aromatic heterocycles. The molecule has 0 radical (unpaired) electrons. The molecular formula is C34H27FN4O3. The van der Waals surface area contributed by atoms with Crippen molar-refractivity contribution in [2.45, 2.75) is 32.1 Å². The quantitative estimate of drug-likeness (QED) is 0.213. The standard InChI is InChI=1S/C34H27FN4O3/c1-19-30(32(41)24-16-23(21-9-10-21)11-12-27(24)39(19)2)28(40)15-20-8-13-29(26(35)14-20)42-34-31-25(22-6-4-3-5-7-22)17-36-33(31)37-18-38-34/h3-8,11-14,16-18,21H,9-10,15H2,1-2H3,(H,36,37,38). The van der Waals surface area contributed by atoms with Crippen LogP contribution in [-0.2, 0) is 13.5 Å². The number of aromatic amines is 1. The fourth-order valence-corrected chi connectivity index (χ4v) is 5.65. The van der Waals surface area contributed by atoms with E-state index in [4.69, 9.17) is 4.74 Å². The molecular weight excluding hydrogens is 531 g/mol. The molecule has 1 N–H and O–H groups in total. The minimum absolute atomic E-state index is 0.0307. The number of fused-ring (bicyclic) bond motifs is 2. The van der Waals surface area contributed by atoms with Crippen LogP contribution in [0.1, 0.15) is 45.9 Å². The van der Waals surface area contributed by atoms with E-state index in [1.807, 2.05) is 60.3 Å². The molecule has 7 rings (SSSR count). The molecule has 3 heterocycles. The van der Waals surface area contributed by atoms with E-state index in [-0.39, 0.29) is 34.8 Å². The number of ketones is 1. The van der Waals surface area contributed by atoms with E-state index in [9.17, 15) is 9.59 Å². The number of carbonyl (C=O) groups excluding carboxylic acids is 1. The number of hydrogen-bond acceptors (Lipinski definition) is 5. The van der Waals surface area contributed by atoms with Gasteiger partial charge in [0.15, 0.2) is 22.8 Å². The lowest BCUT2D eigenvalue weighted by atomic mass is 9.98. The number of Topliss-reactive ketones (excluding diaryl/α,β-unsaturated/α-hetero) is 1. The SMILES string of the molecule is Cc1c(C(=O)Cc2ccc(Oc3ncnc4[nH]cc(-c5ccccc5)c34)c(F)c2)c(=O)c2cc(C3CC3)ccc2n1C. The van der Waals surface area contributed by atoms with Crippen LogP contribution in [0.4, 0.5) is 4.39 Å². The zero-order chi connectivity index (χ0) is 29.0. The lowest BCUT2D eigenvalue weighted by Crippen LogP contribution is -2.23. The third kappa shape index (κ3) is 4.45. The van der Waals surface area contributed by atoms with Gasteiger partial charge in [0.25, 0.3) is 0 Å². The van der Waals surface area contributed by atoms with Crippen LogP contribution in [-0.4, -0.2) is 25.3 Å². The molecule has 0 bridgehead atoms. The predicted molar refractivity (Wildman–Crippen MR) is 160 cm³/mol. The maximum atomic E-state index is 15.3. The Morgan fingerprint density at radius 1 is 1.07 bits per heavy atom. The second kappa shape index (κ2) is 10.1. The molecule has 8 heteroatoms. The summed E-state index contributed by atoms with van der Waals surface area (Å²) in [4.78, 5) is 38.7. The van der Waals surface area contributed by atoms with Gasteiger partial charge in [-0.2, -0.15) is 0 Å². The van der Waals surface area contributed by atoms with Gasteiger partial charge in [-0.3, -0.25) is 9.59 Å². The summed E-state index contributed by atoms with van der Waals surface area (Å²) in [6, 6.07) is 20.0. The van der Waals surface area contributed by atoms with E-state index in [0.717, 1.165) is 35.0 Å². The molecule has 42 heavy (non-hydrogen) atoms. The van der Waals surface area contributed by atoms with E-state index in [1.54, 1.807) is 13.0 Å². The first-order chi connectivity index (χ1) is 20.4. The van der Waals surface area contributed by atoms with E-state index >= 15 is 4.39 Å². The van der Waals surface area contributed by atoms with Crippen molar-refractivity contribution in [2.24, 2.45) is 7.05 Å². The Balaban J connectivity index is 1.18. The first-order valence-electron chi connectivity index (χ1n) is 13.9. The summed E-state index contributed by atoms with van der Waals surface area (Å²) < 4.78 is 23.2. The number of halogens is 1. The first kappa shape index (κ1) is 25.8. The number of nitrogens with one attached hydrogen (secondary N) is 1. The molecule has 208 valence electrons. The highest BCUT2D eigenvalue weighted by molar-refractivity contribution is 6.01. The maximum absolute atomic E-state index is 15.3. The topological polar surface area (TPSA) is 89.9 Å². The van der Waals surface area contributed by atoms with Crippen LogP contribution in [0.5, 0.6) is 11.6 Å². The van der Waals surface area contributed by atoms with Crippen LogP contribution in [0.2, 0.25) is 0 Å². The van der Waals surface area contributed by atoms with E-state index in [0.29, 0.717) is 33.6 Å². The lowest BCUT2D eigenvalue weighted by Gasteiger charge is -2.15. The zero-order valence-corrected chi connectivity index (χ0v) is 23.1. The number of carbonyl (C=O) groups is 1. The summed E-state index contributed by atoms with van der Waals surface area (Å²) in [5.74, 6) is -0.317. The van der Waals surface area contributed by atoms with Crippen molar-refractivity contribution in [2.75, 3.05) is 0 Å². The van der Waals surface area contributed by atoms with Gasteiger partial charge in [-0.25, -0.2) is 14.4 Å². The summed E-state index contributed by atoms with van der Waals surface area (Å²) >= 11 is 0. The van der Waals surface area contributed by atoms with Crippen molar-refractivity contribution in [3.63, 3.8) is 0 Å². The van der Waals surface area contributed by atoms with Crippen molar-refractivity contribution >= 4 is 27.7 Å². The predicted octanol–water partition coefficient (Wildman–Crippen LogP) is 7.02. The number of benzene rings is 3. The Bertz CT molecular complexity index is 2080. The molecule has 7 nitrogen and oxygen atoms in total. The largest absolute Gasteiger partial charge is 0.435 e. The Hall–Kier alpha value is -5.11. The smallest absolute Gasteiger partial charge is 0.232 e. The van der Waals surface area contributed by atoms with Gasteiger partial charge >= 0.3 is 0 Å². The number of rotatable bonds is 7. The van der Waals surface area contributed by atoms with Gasteiger partial charge in [0.1, 0.15) is 12.0 Å². The number of pyridine rings is 1. The number of ether oxygens (including phenoxy) is 1. The molecule has 0 amide bonds. The van der Waals surface area contributed by atoms with Gasteiger partial charge in [0.05, 0.1) is 16.5 Å². The van der Waals surface area contributed by atoms with Crippen LogP contribution in [0.15, 0.2) is 84.0 Å². The van der Waals surface area contributed by atoms with Gasteiger partial charge in [0, 0.05) is 36.3 Å². The summed E-state index contributed by atoms with van der Waals surface area (Å²) in [7, 11) is 1.86. The normalized spacial score (nSPS) is 13.1. The Morgan fingerprint density at radius 3 is 2.64 bits per heavy atom. The van der Waals surface area contributed by atoms with Crippen molar-refractivity contribution in [1.29, 1.82) is 0 Å². The molecule has 1 saturated carbocycles. The van der Waals surface area contributed by atoms with Crippen molar-refractivity contribution in [1.82, 2.24) is 19.5 Å². The summed E-state index contributed by atoms with van der Waals surface area (Å²) in [6.07, 6.45) is 5.30. The summed E-state index contributed by atoms with van der Waals surface area (Å²) in [5.41, 5.74) is 5.17. The lowest BCUT2D eigenvalue weighted by molar-refractivity contribution is 0.0990. The van der Waals surface area contributed by atoms with Gasteiger partial charge in [-0.1, -0.05) is 42.5 Å². The zero-order valence-electron chi connectivity index (χ0n) is 23.1. The number of hydrogen-bond donors (Lipinski definition) is 1. The van der Waals surface area contributed by atoms with Gasteiger partial charge in [-0.05, 0) is 66.6 Å². The van der Waals surface area contributed by atoms with Gasteiger partial charge in [0.2, 0.25) is 5.88 Å². The fourth-order valence-electron chi connectivity index (χ4n) is 5.65. The fraction of sp³-hybridized carbons (Fsp3) is 0.176. The van der Waals surface area contributed by atoms with E-state index in [1.165, 1.54) is 18.5 Å². The second-order valence-electron chi connectivity index (χ2n) is 10.8. The Labute approximate surface area is 240 Å². The third-order valence-corrected chi connectivity index (χ3v) is 8.13. The average molecular weight is 559 g/mol. The number of nitrogens with zero attached hydrogens (tertiary/aromatic N) is 3. The first-order valence-corrected chi connectivity index (χ1v) is 13.9. The summed E-state index contributed by atoms with van der Waals surface area (Å²) in [5, 5.41) is 1.18. The van der Waals surface area contributed by atoms with Crippen molar-refractivity contribution in [3.05, 3.63) is 118 Å². The van der Waals surface area contributed by atoms with Crippen molar-refractivity contribution < 1.29 is 13.9 Å². The highest BCUT2D eigenvalue weighted by Gasteiger charge is 2.25. The van der Waals surface area contributed by atoms with Crippen LogP contribution in [0.3, 0.4) is 0 Å². The monoisotopic (exact) mass is 558 g/mol. The Morgan fingerprint density at radius 2 is 1.88 bits per heavy atom. The third-order valence-electron chi connectivity index (χ3n) is 8.13. The molecule has 0 atom stereocenters. The highest BCUT2D eigenvalue weighted by Crippen LogP contribution is 2.41. The van der Waals surface area contributed by atoms with Gasteiger partial charge < -0.3 is 14.3 Å².